The lowest BCUT2D eigenvalue weighted by Gasteiger charge is -2.22. The van der Waals surface area contributed by atoms with E-state index in [2.05, 4.69) is 20.4 Å². The van der Waals surface area contributed by atoms with Crippen LogP contribution in [0.1, 0.15) is 23.6 Å². The van der Waals surface area contributed by atoms with E-state index in [0.29, 0.717) is 11.1 Å². The predicted molar refractivity (Wildman–Crippen MR) is 106 cm³/mol. The number of rotatable bonds is 7. The molecule has 2 aromatic rings. The number of halogens is 3. The number of carbonyl (C=O) groups is 3. The van der Waals surface area contributed by atoms with Crippen LogP contribution in [0.4, 0.5) is 18.0 Å². The van der Waals surface area contributed by atoms with Gasteiger partial charge in [-0.3, -0.25) is 14.5 Å². The second kappa shape index (κ2) is 8.85. The molecule has 0 saturated carbocycles. The molecule has 1 aromatic carbocycles. The first-order valence-corrected chi connectivity index (χ1v) is 9.60. The molecule has 0 radical (unpaired) electrons. The lowest BCUT2D eigenvalue weighted by Crippen LogP contribution is -2.43. The molecule has 4 amide bonds. The highest BCUT2D eigenvalue weighted by Gasteiger charge is 2.49. The predicted octanol–water partition coefficient (Wildman–Crippen LogP) is 2.41. The molecule has 8 nitrogen and oxygen atoms in total. The molecular formula is C21H21F3N4O4. The average Bonchev–Trinajstić information content (AvgIpc) is 2.95. The minimum absolute atomic E-state index is 0.0530. The summed E-state index contributed by atoms with van der Waals surface area (Å²) >= 11 is 0. The minimum atomic E-state index is -4.50. The number of benzene rings is 1. The number of aryl methyl sites for hydroxylation is 1. The average molecular weight is 450 g/mol. The van der Waals surface area contributed by atoms with Crippen molar-refractivity contribution >= 4 is 17.8 Å². The van der Waals surface area contributed by atoms with E-state index in [4.69, 9.17) is 0 Å². The molecule has 1 aliphatic heterocycles. The Balaban J connectivity index is 1.59. The van der Waals surface area contributed by atoms with Gasteiger partial charge in [0.25, 0.3) is 5.91 Å². The zero-order chi connectivity index (χ0) is 23.5. The van der Waals surface area contributed by atoms with E-state index in [0.717, 1.165) is 10.5 Å². The van der Waals surface area contributed by atoms with Crippen LogP contribution in [0, 0.1) is 6.92 Å². The number of hydrogen-bond donors (Lipinski definition) is 2. The molecule has 3 rings (SSSR count). The van der Waals surface area contributed by atoms with Crippen LogP contribution in [-0.2, 0) is 21.7 Å². The van der Waals surface area contributed by atoms with Crippen LogP contribution in [-0.4, -0.2) is 47.1 Å². The number of imide groups is 1. The third kappa shape index (κ3) is 5.34. The van der Waals surface area contributed by atoms with E-state index in [9.17, 15) is 27.6 Å². The van der Waals surface area contributed by atoms with Crippen molar-refractivity contribution in [1.82, 2.24) is 20.5 Å². The van der Waals surface area contributed by atoms with Gasteiger partial charge in [-0.1, -0.05) is 29.8 Å². The molecule has 170 valence electrons. The van der Waals surface area contributed by atoms with Crippen LogP contribution in [0.5, 0.6) is 5.88 Å². The van der Waals surface area contributed by atoms with Gasteiger partial charge >= 0.3 is 12.2 Å². The van der Waals surface area contributed by atoms with E-state index in [-0.39, 0.29) is 12.4 Å². The van der Waals surface area contributed by atoms with E-state index in [1.165, 1.54) is 18.3 Å². The molecule has 0 aliphatic carbocycles. The highest BCUT2D eigenvalue weighted by atomic mass is 19.4. The third-order valence-electron chi connectivity index (χ3n) is 4.88. The summed E-state index contributed by atoms with van der Waals surface area (Å²) in [6.07, 6.45) is -3.25. The quantitative estimate of drug-likeness (QED) is 0.631. The third-order valence-corrected chi connectivity index (χ3v) is 4.88. The van der Waals surface area contributed by atoms with Crippen molar-refractivity contribution in [3.63, 3.8) is 0 Å². The van der Waals surface area contributed by atoms with Gasteiger partial charge in [0, 0.05) is 18.8 Å². The van der Waals surface area contributed by atoms with Gasteiger partial charge in [0.05, 0.1) is 0 Å². The van der Waals surface area contributed by atoms with E-state index < -0.39 is 42.7 Å². The molecule has 1 unspecified atom stereocenters. The van der Waals surface area contributed by atoms with E-state index >= 15 is 0 Å². The van der Waals surface area contributed by atoms with E-state index in [1.807, 2.05) is 19.1 Å². The number of amides is 4. The summed E-state index contributed by atoms with van der Waals surface area (Å²) in [5, 5.41) is 5.14. The molecule has 0 spiro atoms. The summed E-state index contributed by atoms with van der Waals surface area (Å²) in [5.41, 5.74) is 0.731. The van der Waals surface area contributed by atoms with Crippen molar-refractivity contribution in [1.29, 1.82) is 0 Å². The molecule has 1 aliphatic rings. The Hall–Kier alpha value is -3.63. The monoisotopic (exact) mass is 450 g/mol. The van der Waals surface area contributed by atoms with Crippen LogP contribution in [0.15, 0.2) is 42.6 Å². The normalized spacial score (nSPS) is 18.5. The summed E-state index contributed by atoms with van der Waals surface area (Å²) in [6.45, 7) is 1.42. The second-order valence-electron chi connectivity index (χ2n) is 7.50. The smallest absolute Gasteiger partial charge is 0.422 e. The van der Waals surface area contributed by atoms with Crippen molar-refractivity contribution in [3.8, 4) is 5.88 Å². The Morgan fingerprint density at radius 2 is 1.91 bits per heavy atom. The first-order chi connectivity index (χ1) is 15.0. The number of aromatic nitrogens is 1. The fourth-order valence-electron chi connectivity index (χ4n) is 3.12. The summed E-state index contributed by atoms with van der Waals surface area (Å²) < 4.78 is 41.3. The largest absolute Gasteiger partial charge is 0.468 e. The molecule has 1 saturated heterocycles. The van der Waals surface area contributed by atoms with Gasteiger partial charge in [0.1, 0.15) is 12.1 Å². The molecule has 1 atom stereocenters. The van der Waals surface area contributed by atoms with Gasteiger partial charge < -0.3 is 15.4 Å². The van der Waals surface area contributed by atoms with Crippen molar-refractivity contribution in [3.05, 3.63) is 59.3 Å². The fraction of sp³-hybridized carbons (Fsp3) is 0.333. The zero-order valence-corrected chi connectivity index (χ0v) is 17.3. The maximum absolute atomic E-state index is 12.9. The summed E-state index contributed by atoms with van der Waals surface area (Å²) in [6, 6.07) is 9.16. The minimum Gasteiger partial charge on any atom is -0.468 e. The molecule has 32 heavy (non-hydrogen) atoms. The first-order valence-electron chi connectivity index (χ1n) is 9.60. The SMILES string of the molecule is Cc1ccc(C2(C)NC(=O)N(CC(=O)NCc3ccnc(OCC(F)(F)F)c3)C2=O)cc1. The number of pyridine rings is 1. The van der Waals surface area contributed by atoms with Crippen LogP contribution in [0.2, 0.25) is 0 Å². The Morgan fingerprint density at radius 1 is 1.22 bits per heavy atom. The molecule has 2 N–H and O–H groups in total. The Morgan fingerprint density at radius 3 is 2.56 bits per heavy atom. The number of nitrogens with zero attached hydrogens (tertiary/aromatic N) is 2. The summed E-state index contributed by atoms with van der Waals surface area (Å²) in [7, 11) is 0. The molecular weight excluding hydrogens is 429 g/mol. The first kappa shape index (κ1) is 23.0. The van der Waals surface area contributed by atoms with Crippen LogP contribution >= 0.6 is 0 Å². The summed E-state index contributed by atoms with van der Waals surface area (Å²) in [4.78, 5) is 42.0. The Kier molecular flexibility index (Phi) is 6.37. The van der Waals surface area contributed by atoms with Crippen molar-refractivity contribution in [2.75, 3.05) is 13.2 Å². The number of carbonyl (C=O) groups excluding carboxylic acids is 3. The molecule has 1 fully saturated rings. The second-order valence-corrected chi connectivity index (χ2v) is 7.50. The molecule has 11 heteroatoms. The maximum Gasteiger partial charge on any atom is 0.422 e. The fourth-order valence-corrected chi connectivity index (χ4v) is 3.12. The van der Waals surface area contributed by atoms with Crippen LogP contribution in [0.3, 0.4) is 0 Å². The highest BCUT2D eigenvalue weighted by molar-refractivity contribution is 6.09. The van der Waals surface area contributed by atoms with Gasteiger partial charge in [0.15, 0.2) is 6.61 Å². The molecule has 0 bridgehead atoms. The lowest BCUT2D eigenvalue weighted by atomic mass is 9.91. The Labute approximate surface area is 181 Å². The van der Waals surface area contributed by atoms with Gasteiger partial charge in [-0.05, 0) is 31.0 Å². The number of hydrogen-bond acceptors (Lipinski definition) is 5. The van der Waals surface area contributed by atoms with Crippen LogP contribution < -0.4 is 15.4 Å². The summed E-state index contributed by atoms with van der Waals surface area (Å²) in [5.74, 6) is -1.42. The number of ether oxygens (including phenoxy) is 1. The number of urea groups is 1. The molecule has 2 heterocycles. The maximum atomic E-state index is 12.9. The van der Waals surface area contributed by atoms with E-state index in [1.54, 1.807) is 19.1 Å². The van der Waals surface area contributed by atoms with Gasteiger partial charge in [-0.15, -0.1) is 0 Å². The number of nitrogens with one attached hydrogen (secondary N) is 2. The standard InChI is InChI=1S/C21H21F3N4O4/c1-13-3-5-15(6-4-13)20(2)18(30)28(19(31)27-20)11-16(29)26-10-14-7-8-25-17(9-14)32-12-21(22,23)24/h3-9H,10-12H2,1-2H3,(H,26,29)(H,27,31). The Bertz CT molecular complexity index is 1030. The van der Waals surface area contributed by atoms with Crippen molar-refractivity contribution in [2.24, 2.45) is 0 Å². The lowest BCUT2D eigenvalue weighted by molar-refractivity contribution is -0.154. The zero-order valence-electron chi connectivity index (χ0n) is 17.3. The topological polar surface area (TPSA) is 101 Å². The van der Waals surface area contributed by atoms with Gasteiger partial charge in [0.2, 0.25) is 11.8 Å². The number of alkyl halides is 3. The van der Waals surface area contributed by atoms with Crippen molar-refractivity contribution < 1.29 is 32.3 Å². The highest BCUT2D eigenvalue weighted by Crippen LogP contribution is 2.28. The van der Waals surface area contributed by atoms with Gasteiger partial charge in [-0.2, -0.15) is 13.2 Å². The van der Waals surface area contributed by atoms with Gasteiger partial charge in [-0.25, -0.2) is 9.78 Å². The van der Waals surface area contributed by atoms with Crippen LogP contribution in [0.25, 0.3) is 0 Å². The molecule has 1 aromatic heterocycles. The van der Waals surface area contributed by atoms with Crippen molar-refractivity contribution in [2.45, 2.75) is 32.1 Å².